The van der Waals surface area contributed by atoms with Gasteiger partial charge in [0.15, 0.2) is 0 Å². The second-order valence-electron chi connectivity index (χ2n) is 6.07. The number of benzene rings is 1. The van der Waals surface area contributed by atoms with Gasteiger partial charge in [0.05, 0.1) is 0 Å². The SMILES string of the molecule is CN1CCC(NC(=O)Nc2ccc3c(c2)CCCN3C)C1=O. The molecule has 0 saturated carbocycles. The summed E-state index contributed by atoms with van der Waals surface area (Å²) in [5.74, 6) is -0.0257. The van der Waals surface area contributed by atoms with Crippen LogP contribution in [0.25, 0.3) is 0 Å². The van der Waals surface area contributed by atoms with Crippen LogP contribution in [0.15, 0.2) is 18.2 Å². The number of nitrogens with zero attached hydrogens (tertiary/aromatic N) is 2. The third-order valence-corrected chi connectivity index (χ3v) is 4.42. The van der Waals surface area contributed by atoms with Crippen molar-refractivity contribution >= 4 is 23.3 Å². The van der Waals surface area contributed by atoms with E-state index in [4.69, 9.17) is 0 Å². The minimum Gasteiger partial charge on any atom is -0.374 e. The third kappa shape index (κ3) is 2.86. The van der Waals surface area contributed by atoms with Crippen LogP contribution in [0.5, 0.6) is 0 Å². The van der Waals surface area contributed by atoms with Gasteiger partial charge in [-0.3, -0.25) is 4.79 Å². The lowest BCUT2D eigenvalue weighted by atomic mass is 10.0. The minimum atomic E-state index is -0.409. The number of amides is 3. The Kier molecular flexibility index (Phi) is 3.92. The van der Waals surface area contributed by atoms with Gasteiger partial charge in [0.1, 0.15) is 6.04 Å². The molecule has 0 aromatic heterocycles. The largest absolute Gasteiger partial charge is 0.374 e. The Morgan fingerprint density at radius 1 is 1.23 bits per heavy atom. The van der Waals surface area contributed by atoms with Gasteiger partial charge in [-0.1, -0.05) is 0 Å². The fourth-order valence-electron chi connectivity index (χ4n) is 3.14. The van der Waals surface area contributed by atoms with Gasteiger partial charge >= 0.3 is 6.03 Å². The van der Waals surface area contributed by atoms with E-state index >= 15 is 0 Å². The minimum absolute atomic E-state index is 0.0257. The van der Waals surface area contributed by atoms with Crippen molar-refractivity contribution in [3.8, 4) is 0 Å². The normalized spacial score (nSPS) is 20.8. The van der Waals surface area contributed by atoms with Crippen LogP contribution in [0.1, 0.15) is 18.4 Å². The smallest absolute Gasteiger partial charge is 0.319 e. The van der Waals surface area contributed by atoms with Crippen molar-refractivity contribution in [2.24, 2.45) is 0 Å². The van der Waals surface area contributed by atoms with Gasteiger partial charge in [-0.05, 0) is 43.0 Å². The Hall–Kier alpha value is -2.24. The van der Waals surface area contributed by atoms with Crippen LogP contribution in [0.2, 0.25) is 0 Å². The van der Waals surface area contributed by atoms with Gasteiger partial charge in [-0.15, -0.1) is 0 Å². The van der Waals surface area contributed by atoms with E-state index < -0.39 is 6.04 Å². The molecule has 2 heterocycles. The average molecular weight is 302 g/mol. The van der Waals surface area contributed by atoms with Crippen LogP contribution >= 0.6 is 0 Å². The number of carbonyl (C=O) groups excluding carboxylic acids is 2. The quantitative estimate of drug-likeness (QED) is 0.868. The van der Waals surface area contributed by atoms with Crippen LogP contribution in [0, 0.1) is 0 Å². The molecule has 2 N–H and O–H groups in total. The zero-order valence-electron chi connectivity index (χ0n) is 13.1. The van der Waals surface area contributed by atoms with Crippen molar-refractivity contribution in [2.45, 2.75) is 25.3 Å². The lowest BCUT2D eigenvalue weighted by Gasteiger charge is -2.27. The number of likely N-dealkylation sites (N-methyl/N-ethyl adjacent to an activating group) is 1. The maximum absolute atomic E-state index is 12.0. The number of rotatable bonds is 2. The van der Waals surface area contributed by atoms with Crippen LogP contribution < -0.4 is 15.5 Å². The maximum atomic E-state index is 12.0. The Bertz CT molecular complexity index is 602. The van der Waals surface area contributed by atoms with Gasteiger partial charge in [0, 0.05) is 38.6 Å². The van der Waals surface area contributed by atoms with Gasteiger partial charge in [0.2, 0.25) is 5.91 Å². The number of likely N-dealkylation sites (tertiary alicyclic amines) is 1. The molecular formula is C16H22N4O2. The Balaban J connectivity index is 1.63. The van der Waals surface area contributed by atoms with E-state index in [0.29, 0.717) is 13.0 Å². The first kappa shape index (κ1) is 14.7. The molecular weight excluding hydrogens is 280 g/mol. The molecule has 118 valence electrons. The summed E-state index contributed by atoms with van der Waals surface area (Å²) in [5.41, 5.74) is 3.25. The van der Waals surface area contributed by atoms with E-state index in [0.717, 1.165) is 25.1 Å². The molecule has 6 nitrogen and oxygen atoms in total. The molecule has 1 unspecified atom stereocenters. The fourth-order valence-corrected chi connectivity index (χ4v) is 3.14. The molecule has 0 radical (unpaired) electrons. The van der Waals surface area contributed by atoms with Crippen LogP contribution in [0.3, 0.4) is 0 Å². The van der Waals surface area contributed by atoms with Crippen molar-refractivity contribution < 1.29 is 9.59 Å². The molecule has 3 rings (SSSR count). The van der Waals surface area contributed by atoms with Crippen molar-refractivity contribution in [1.29, 1.82) is 0 Å². The van der Waals surface area contributed by atoms with E-state index in [1.807, 2.05) is 18.2 Å². The summed E-state index contributed by atoms with van der Waals surface area (Å²) in [6, 6.07) is 5.24. The monoisotopic (exact) mass is 302 g/mol. The molecule has 1 atom stereocenters. The highest BCUT2D eigenvalue weighted by Gasteiger charge is 2.30. The summed E-state index contributed by atoms with van der Waals surface area (Å²) in [5, 5.41) is 5.57. The molecule has 1 fully saturated rings. The zero-order valence-corrected chi connectivity index (χ0v) is 13.1. The molecule has 1 aromatic carbocycles. The number of anilines is 2. The number of nitrogens with one attached hydrogen (secondary N) is 2. The molecule has 1 saturated heterocycles. The lowest BCUT2D eigenvalue weighted by Crippen LogP contribution is -2.42. The zero-order chi connectivity index (χ0) is 15.7. The predicted octanol–water partition coefficient (Wildman–Crippen LogP) is 1.42. The maximum Gasteiger partial charge on any atom is 0.319 e. The number of hydrogen-bond acceptors (Lipinski definition) is 3. The molecule has 0 aliphatic carbocycles. The molecule has 3 amide bonds. The van der Waals surface area contributed by atoms with Crippen LogP contribution in [-0.2, 0) is 11.2 Å². The highest BCUT2D eigenvalue weighted by molar-refractivity contribution is 5.94. The molecule has 22 heavy (non-hydrogen) atoms. The van der Waals surface area contributed by atoms with Crippen molar-refractivity contribution in [3.05, 3.63) is 23.8 Å². The predicted molar refractivity (Wildman–Crippen MR) is 86.2 cm³/mol. The van der Waals surface area contributed by atoms with Gasteiger partial charge < -0.3 is 20.4 Å². The van der Waals surface area contributed by atoms with Crippen molar-refractivity contribution in [1.82, 2.24) is 10.2 Å². The van der Waals surface area contributed by atoms with Crippen molar-refractivity contribution in [3.63, 3.8) is 0 Å². The summed E-state index contributed by atoms with van der Waals surface area (Å²) in [6.07, 6.45) is 2.82. The van der Waals surface area contributed by atoms with Crippen molar-refractivity contribution in [2.75, 3.05) is 37.4 Å². The van der Waals surface area contributed by atoms with E-state index in [2.05, 4.69) is 22.6 Å². The topological polar surface area (TPSA) is 64.7 Å². The number of urea groups is 1. The highest BCUT2D eigenvalue weighted by Crippen LogP contribution is 2.28. The van der Waals surface area contributed by atoms with E-state index in [1.54, 1.807) is 11.9 Å². The van der Waals surface area contributed by atoms with Crippen LogP contribution in [-0.4, -0.2) is 50.1 Å². The first-order chi connectivity index (χ1) is 10.5. The van der Waals surface area contributed by atoms with Gasteiger partial charge in [0.25, 0.3) is 0 Å². The molecule has 6 heteroatoms. The summed E-state index contributed by atoms with van der Waals surface area (Å²) in [6.45, 7) is 1.76. The summed E-state index contributed by atoms with van der Waals surface area (Å²) < 4.78 is 0. The highest BCUT2D eigenvalue weighted by atomic mass is 16.2. The number of aryl methyl sites for hydroxylation is 1. The second kappa shape index (κ2) is 5.87. The number of carbonyl (C=O) groups is 2. The Morgan fingerprint density at radius 3 is 2.77 bits per heavy atom. The Morgan fingerprint density at radius 2 is 2.05 bits per heavy atom. The molecule has 0 spiro atoms. The lowest BCUT2D eigenvalue weighted by molar-refractivity contribution is -0.128. The Labute approximate surface area is 130 Å². The van der Waals surface area contributed by atoms with Crippen LogP contribution in [0.4, 0.5) is 16.2 Å². The fraction of sp³-hybridized carbons (Fsp3) is 0.500. The van der Waals surface area contributed by atoms with E-state index in [-0.39, 0.29) is 11.9 Å². The third-order valence-electron chi connectivity index (χ3n) is 4.42. The van der Waals surface area contributed by atoms with Gasteiger partial charge in [-0.2, -0.15) is 0 Å². The summed E-state index contributed by atoms with van der Waals surface area (Å²) in [4.78, 5) is 27.7. The molecule has 2 aliphatic heterocycles. The molecule has 1 aromatic rings. The molecule has 2 aliphatic rings. The second-order valence-corrected chi connectivity index (χ2v) is 6.07. The summed E-state index contributed by atoms with van der Waals surface area (Å²) >= 11 is 0. The number of hydrogen-bond donors (Lipinski definition) is 2. The van der Waals surface area contributed by atoms with Gasteiger partial charge in [-0.25, -0.2) is 4.79 Å². The standard InChI is InChI=1S/C16H22N4O2/c1-19-8-3-4-11-10-12(5-6-14(11)19)17-16(22)18-13-7-9-20(2)15(13)21/h5-6,10,13H,3-4,7-9H2,1-2H3,(H2,17,18,22). The van der Waals surface area contributed by atoms with E-state index in [1.165, 1.54) is 11.3 Å². The first-order valence-corrected chi connectivity index (χ1v) is 7.71. The number of fused-ring (bicyclic) bond motifs is 1. The van der Waals surface area contributed by atoms with E-state index in [9.17, 15) is 9.59 Å². The average Bonchev–Trinajstić information content (AvgIpc) is 2.79. The first-order valence-electron chi connectivity index (χ1n) is 7.71. The molecule has 0 bridgehead atoms. The summed E-state index contributed by atoms with van der Waals surface area (Å²) in [7, 11) is 3.84.